The van der Waals surface area contributed by atoms with Gasteiger partial charge in [0.2, 0.25) is 0 Å². The fourth-order valence-electron chi connectivity index (χ4n) is 1.21. The number of hydrogen-bond donors (Lipinski definition) is 1. The number of alkyl halides is 2. The minimum atomic E-state index is -2.72. The molecule has 0 spiro atoms. The van der Waals surface area contributed by atoms with E-state index in [0.717, 1.165) is 6.92 Å². The first-order valence-electron chi connectivity index (χ1n) is 4.79. The van der Waals surface area contributed by atoms with E-state index in [2.05, 4.69) is 5.32 Å². The van der Waals surface area contributed by atoms with Gasteiger partial charge in [0.15, 0.2) is 0 Å². The molecule has 14 heavy (non-hydrogen) atoms. The van der Waals surface area contributed by atoms with E-state index < -0.39 is 12.0 Å². The number of ether oxygens (including phenoxy) is 2. The number of rotatable bonds is 3. The SMILES string of the molecule is CC(NC1COCCOC1)C(C)(F)F. The lowest BCUT2D eigenvalue weighted by molar-refractivity contribution is -0.0207. The largest absolute Gasteiger partial charge is 0.377 e. The van der Waals surface area contributed by atoms with Gasteiger partial charge in [-0.1, -0.05) is 0 Å². The molecule has 0 saturated carbocycles. The Hall–Kier alpha value is -0.260. The summed E-state index contributed by atoms with van der Waals surface area (Å²) in [5.74, 6) is -2.72. The summed E-state index contributed by atoms with van der Waals surface area (Å²) in [5, 5.41) is 2.80. The molecule has 1 rings (SSSR count). The van der Waals surface area contributed by atoms with E-state index in [-0.39, 0.29) is 6.04 Å². The maximum atomic E-state index is 12.8. The van der Waals surface area contributed by atoms with Crippen LogP contribution in [0.25, 0.3) is 0 Å². The minimum Gasteiger partial charge on any atom is -0.377 e. The van der Waals surface area contributed by atoms with Gasteiger partial charge in [0.25, 0.3) is 5.92 Å². The van der Waals surface area contributed by atoms with Crippen molar-refractivity contribution in [1.29, 1.82) is 0 Å². The summed E-state index contributed by atoms with van der Waals surface area (Å²) in [5.41, 5.74) is 0. The van der Waals surface area contributed by atoms with Crippen LogP contribution in [0, 0.1) is 0 Å². The van der Waals surface area contributed by atoms with Gasteiger partial charge in [-0.2, -0.15) is 0 Å². The summed E-state index contributed by atoms with van der Waals surface area (Å²) in [7, 11) is 0. The molecule has 0 aromatic heterocycles. The third-order valence-electron chi connectivity index (χ3n) is 2.26. The average molecular weight is 209 g/mol. The monoisotopic (exact) mass is 209 g/mol. The second kappa shape index (κ2) is 5.00. The molecule has 5 heteroatoms. The van der Waals surface area contributed by atoms with Crippen LogP contribution in [0.2, 0.25) is 0 Å². The standard InChI is InChI=1S/C9H17F2NO2/c1-7(9(2,10)11)12-8-5-13-3-4-14-6-8/h7-8,12H,3-6H2,1-2H3. The van der Waals surface area contributed by atoms with Crippen molar-refractivity contribution in [2.75, 3.05) is 26.4 Å². The highest BCUT2D eigenvalue weighted by molar-refractivity contribution is 4.79. The molecular formula is C9H17F2NO2. The number of halogens is 2. The number of hydrogen-bond acceptors (Lipinski definition) is 3. The van der Waals surface area contributed by atoms with Crippen LogP contribution in [-0.2, 0) is 9.47 Å². The molecule has 0 aliphatic carbocycles. The van der Waals surface area contributed by atoms with Crippen LogP contribution in [-0.4, -0.2) is 44.4 Å². The zero-order chi connectivity index (χ0) is 10.6. The quantitative estimate of drug-likeness (QED) is 0.753. The fourth-order valence-corrected chi connectivity index (χ4v) is 1.21. The zero-order valence-corrected chi connectivity index (χ0v) is 8.56. The summed E-state index contributed by atoms with van der Waals surface area (Å²) in [4.78, 5) is 0. The summed E-state index contributed by atoms with van der Waals surface area (Å²) in [6.45, 7) is 4.30. The van der Waals surface area contributed by atoms with E-state index in [1.54, 1.807) is 0 Å². The van der Waals surface area contributed by atoms with Crippen LogP contribution < -0.4 is 5.32 Å². The van der Waals surface area contributed by atoms with E-state index in [9.17, 15) is 8.78 Å². The third kappa shape index (κ3) is 3.86. The molecule has 1 unspecified atom stereocenters. The molecule has 3 nitrogen and oxygen atoms in total. The number of nitrogens with one attached hydrogen (secondary N) is 1. The Bertz CT molecular complexity index is 165. The highest BCUT2D eigenvalue weighted by Crippen LogP contribution is 2.17. The van der Waals surface area contributed by atoms with Crippen molar-refractivity contribution < 1.29 is 18.3 Å². The van der Waals surface area contributed by atoms with E-state index in [1.807, 2.05) is 0 Å². The summed E-state index contributed by atoms with van der Waals surface area (Å²) >= 11 is 0. The van der Waals surface area contributed by atoms with Gasteiger partial charge in [0.05, 0.1) is 38.5 Å². The smallest absolute Gasteiger partial charge is 0.260 e. The summed E-state index contributed by atoms with van der Waals surface area (Å²) in [6.07, 6.45) is 0. The van der Waals surface area contributed by atoms with Crippen molar-refractivity contribution in [3.05, 3.63) is 0 Å². The van der Waals surface area contributed by atoms with Gasteiger partial charge in [0, 0.05) is 6.92 Å². The molecule has 1 aliphatic rings. The first-order chi connectivity index (χ1) is 6.50. The first kappa shape index (κ1) is 11.8. The van der Waals surface area contributed by atoms with Crippen molar-refractivity contribution in [1.82, 2.24) is 5.32 Å². The Labute approximate surface area is 82.8 Å². The minimum absolute atomic E-state index is 0.140. The molecule has 0 aromatic rings. The second-order valence-electron chi connectivity index (χ2n) is 3.69. The van der Waals surface area contributed by atoms with E-state index in [1.165, 1.54) is 6.92 Å². The summed E-state index contributed by atoms with van der Waals surface area (Å²) < 4.78 is 36.0. The lowest BCUT2D eigenvalue weighted by Gasteiger charge is -2.25. The van der Waals surface area contributed by atoms with E-state index >= 15 is 0 Å². The van der Waals surface area contributed by atoms with Gasteiger partial charge < -0.3 is 14.8 Å². The highest BCUT2D eigenvalue weighted by Gasteiger charge is 2.31. The van der Waals surface area contributed by atoms with Crippen LogP contribution >= 0.6 is 0 Å². The topological polar surface area (TPSA) is 30.5 Å². The normalized spacial score (nSPS) is 23.1. The predicted octanol–water partition coefficient (Wildman–Crippen LogP) is 1.04. The Morgan fingerprint density at radius 1 is 1.29 bits per heavy atom. The fraction of sp³-hybridized carbons (Fsp3) is 1.00. The predicted molar refractivity (Wildman–Crippen MR) is 48.6 cm³/mol. The van der Waals surface area contributed by atoms with Crippen molar-refractivity contribution in [2.24, 2.45) is 0 Å². The Balaban J connectivity index is 2.34. The zero-order valence-electron chi connectivity index (χ0n) is 8.56. The van der Waals surface area contributed by atoms with Gasteiger partial charge in [-0.25, -0.2) is 8.78 Å². The van der Waals surface area contributed by atoms with Crippen molar-refractivity contribution in [3.8, 4) is 0 Å². The lowest BCUT2D eigenvalue weighted by atomic mass is 10.1. The van der Waals surface area contributed by atoms with Gasteiger partial charge in [-0.15, -0.1) is 0 Å². The molecule has 1 N–H and O–H groups in total. The average Bonchev–Trinajstić information content (AvgIpc) is 2.31. The van der Waals surface area contributed by atoms with Crippen molar-refractivity contribution >= 4 is 0 Å². The maximum absolute atomic E-state index is 12.8. The second-order valence-corrected chi connectivity index (χ2v) is 3.69. The lowest BCUT2D eigenvalue weighted by Crippen LogP contribution is -2.49. The van der Waals surface area contributed by atoms with Gasteiger partial charge in [-0.05, 0) is 6.92 Å². The Morgan fingerprint density at radius 2 is 1.79 bits per heavy atom. The van der Waals surface area contributed by atoms with Gasteiger partial charge in [-0.3, -0.25) is 0 Å². The molecule has 0 bridgehead atoms. The highest BCUT2D eigenvalue weighted by atomic mass is 19.3. The van der Waals surface area contributed by atoms with Crippen LogP contribution in [0.5, 0.6) is 0 Å². The van der Waals surface area contributed by atoms with Crippen LogP contribution in [0.1, 0.15) is 13.8 Å². The third-order valence-corrected chi connectivity index (χ3v) is 2.26. The summed E-state index contributed by atoms with van der Waals surface area (Å²) in [6, 6.07) is -1.00. The molecule has 1 aliphatic heterocycles. The van der Waals surface area contributed by atoms with Crippen molar-refractivity contribution in [2.45, 2.75) is 31.9 Å². The molecule has 0 amide bonds. The maximum Gasteiger partial charge on any atom is 0.260 e. The van der Waals surface area contributed by atoms with E-state index in [0.29, 0.717) is 26.4 Å². The van der Waals surface area contributed by atoms with Crippen LogP contribution in [0.15, 0.2) is 0 Å². The van der Waals surface area contributed by atoms with Crippen LogP contribution in [0.3, 0.4) is 0 Å². The van der Waals surface area contributed by atoms with Gasteiger partial charge >= 0.3 is 0 Å². The molecule has 1 heterocycles. The molecule has 1 saturated heterocycles. The van der Waals surface area contributed by atoms with Gasteiger partial charge in [0.1, 0.15) is 0 Å². The molecule has 84 valence electrons. The molecule has 1 fully saturated rings. The van der Waals surface area contributed by atoms with E-state index in [4.69, 9.17) is 9.47 Å². The van der Waals surface area contributed by atoms with Crippen molar-refractivity contribution in [3.63, 3.8) is 0 Å². The molecule has 0 aromatic carbocycles. The molecule has 1 atom stereocenters. The molecular weight excluding hydrogens is 192 g/mol. The van der Waals surface area contributed by atoms with Crippen LogP contribution in [0.4, 0.5) is 8.78 Å². The Kier molecular flexibility index (Phi) is 4.22. The first-order valence-corrected chi connectivity index (χ1v) is 4.79. The Morgan fingerprint density at radius 3 is 2.21 bits per heavy atom. The molecule has 0 radical (unpaired) electrons.